The third kappa shape index (κ3) is 3.33. The highest BCUT2D eigenvalue weighted by atomic mass is 16.5. The van der Waals surface area contributed by atoms with E-state index in [0.717, 1.165) is 10.9 Å². The Morgan fingerprint density at radius 1 is 1.16 bits per heavy atom. The third-order valence-electron chi connectivity index (χ3n) is 3.95. The topological polar surface area (TPSA) is 64.8 Å². The number of aryl methyl sites for hydroxylation is 1. The van der Waals surface area contributed by atoms with Crippen LogP contribution in [0.3, 0.4) is 0 Å². The average Bonchev–Trinajstić information content (AvgIpc) is 2.99. The highest BCUT2D eigenvalue weighted by Crippen LogP contribution is 2.22. The average molecular weight is 337 g/mol. The molecule has 0 fully saturated rings. The Bertz CT molecular complexity index is 944. The van der Waals surface area contributed by atoms with Gasteiger partial charge in [-0.3, -0.25) is 4.79 Å². The molecule has 3 aromatic rings. The number of amides is 1. The maximum atomic E-state index is 12.4. The fraction of sp³-hybridized carbons (Fsp3) is 0.158. The van der Waals surface area contributed by atoms with Gasteiger partial charge in [0.15, 0.2) is 0 Å². The second kappa shape index (κ2) is 7.09. The fourth-order valence-electron chi connectivity index (χ4n) is 2.68. The summed E-state index contributed by atoms with van der Waals surface area (Å²) in [5, 5.41) is 4.93. The molecule has 1 N–H and O–H groups in total. The van der Waals surface area contributed by atoms with E-state index in [2.05, 4.69) is 10.5 Å². The number of rotatable bonds is 5. The number of nitrogens with one attached hydrogen (secondary N) is 1. The van der Waals surface area contributed by atoms with Crippen LogP contribution < -0.4 is 14.9 Å². The number of hydrazone groups is 1. The van der Waals surface area contributed by atoms with Gasteiger partial charge in [0, 0.05) is 29.7 Å². The van der Waals surface area contributed by atoms with Gasteiger partial charge in [-0.2, -0.15) is 5.10 Å². The first-order chi connectivity index (χ1) is 12.1. The van der Waals surface area contributed by atoms with E-state index < -0.39 is 0 Å². The zero-order chi connectivity index (χ0) is 17.8. The Morgan fingerprint density at radius 3 is 2.72 bits per heavy atom. The Hall–Kier alpha value is -3.28. The molecule has 0 unspecified atom stereocenters. The highest BCUT2D eigenvalue weighted by molar-refractivity contribution is 6.07. The lowest BCUT2D eigenvalue weighted by molar-refractivity contribution is 0.0956. The highest BCUT2D eigenvalue weighted by Gasteiger charge is 2.12. The van der Waals surface area contributed by atoms with Gasteiger partial charge < -0.3 is 14.0 Å². The van der Waals surface area contributed by atoms with Gasteiger partial charge in [-0.25, -0.2) is 5.43 Å². The monoisotopic (exact) mass is 337 g/mol. The van der Waals surface area contributed by atoms with Gasteiger partial charge in [-0.05, 0) is 24.3 Å². The minimum Gasteiger partial charge on any atom is -0.497 e. The molecule has 6 heteroatoms. The van der Waals surface area contributed by atoms with Crippen molar-refractivity contribution in [1.82, 2.24) is 9.99 Å². The number of carbonyl (C=O) groups is 1. The molecule has 0 aliphatic carbocycles. The van der Waals surface area contributed by atoms with Gasteiger partial charge >= 0.3 is 0 Å². The van der Waals surface area contributed by atoms with Crippen LogP contribution in [-0.2, 0) is 7.05 Å². The number of nitrogens with zero attached hydrogens (tertiary/aromatic N) is 2. The van der Waals surface area contributed by atoms with E-state index in [1.54, 1.807) is 38.6 Å². The van der Waals surface area contributed by atoms with Gasteiger partial charge in [0.25, 0.3) is 5.91 Å². The zero-order valence-corrected chi connectivity index (χ0v) is 14.3. The molecule has 0 spiro atoms. The summed E-state index contributed by atoms with van der Waals surface area (Å²) in [5.41, 5.74) is 4.84. The zero-order valence-electron chi connectivity index (χ0n) is 14.3. The van der Waals surface area contributed by atoms with Crippen LogP contribution in [0.15, 0.2) is 53.8 Å². The van der Waals surface area contributed by atoms with Crippen molar-refractivity contribution in [3.63, 3.8) is 0 Å². The number of fused-ring (bicyclic) bond motifs is 1. The molecular formula is C19H19N3O3. The molecule has 0 saturated carbocycles. The minimum atomic E-state index is -0.269. The molecule has 0 atom stereocenters. The van der Waals surface area contributed by atoms with E-state index in [1.165, 1.54) is 6.21 Å². The molecule has 0 bridgehead atoms. The largest absolute Gasteiger partial charge is 0.497 e. The Labute approximate surface area is 145 Å². The first kappa shape index (κ1) is 16.6. The normalized spacial score (nSPS) is 11.0. The molecule has 1 aromatic heterocycles. The number of ether oxygens (including phenoxy) is 2. The molecule has 0 aliphatic heterocycles. The van der Waals surface area contributed by atoms with Crippen LogP contribution in [-0.4, -0.2) is 30.9 Å². The van der Waals surface area contributed by atoms with Crippen LogP contribution >= 0.6 is 0 Å². The molecule has 1 amide bonds. The van der Waals surface area contributed by atoms with Crippen molar-refractivity contribution in [2.45, 2.75) is 0 Å². The van der Waals surface area contributed by atoms with E-state index in [-0.39, 0.29) is 5.91 Å². The van der Waals surface area contributed by atoms with Crippen LogP contribution in [0.5, 0.6) is 11.5 Å². The lowest BCUT2D eigenvalue weighted by Crippen LogP contribution is -2.17. The summed E-state index contributed by atoms with van der Waals surface area (Å²) >= 11 is 0. The molecule has 0 saturated heterocycles. The molecule has 6 nitrogen and oxygen atoms in total. The Morgan fingerprint density at radius 2 is 1.96 bits per heavy atom. The van der Waals surface area contributed by atoms with E-state index in [4.69, 9.17) is 9.47 Å². The summed E-state index contributed by atoms with van der Waals surface area (Å²) in [6.07, 6.45) is 3.33. The molecule has 2 aromatic carbocycles. The molecule has 0 radical (unpaired) electrons. The first-order valence-corrected chi connectivity index (χ1v) is 7.73. The van der Waals surface area contributed by atoms with Crippen molar-refractivity contribution < 1.29 is 14.3 Å². The second-order valence-electron chi connectivity index (χ2n) is 5.48. The summed E-state index contributed by atoms with van der Waals surface area (Å²) in [7, 11) is 5.07. The molecule has 128 valence electrons. The number of hydrogen-bond donors (Lipinski definition) is 1. The van der Waals surface area contributed by atoms with Crippen molar-refractivity contribution >= 4 is 23.0 Å². The van der Waals surface area contributed by atoms with Gasteiger partial charge in [0.1, 0.15) is 11.5 Å². The smallest absolute Gasteiger partial charge is 0.273 e. The van der Waals surface area contributed by atoms with Crippen molar-refractivity contribution in [1.29, 1.82) is 0 Å². The fourth-order valence-corrected chi connectivity index (χ4v) is 2.68. The number of benzene rings is 2. The summed E-state index contributed by atoms with van der Waals surface area (Å²) in [6, 6.07) is 13.1. The Kier molecular flexibility index (Phi) is 4.70. The number of aromatic nitrogens is 1. The first-order valence-electron chi connectivity index (χ1n) is 7.73. The van der Waals surface area contributed by atoms with Crippen LogP contribution in [0.1, 0.15) is 15.9 Å². The molecule has 1 heterocycles. The number of methoxy groups -OCH3 is 2. The van der Waals surface area contributed by atoms with Crippen molar-refractivity contribution in [2.75, 3.05) is 14.2 Å². The predicted octanol–water partition coefficient (Wildman–Crippen LogP) is 2.96. The van der Waals surface area contributed by atoms with Crippen molar-refractivity contribution in [2.24, 2.45) is 12.1 Å². The number of hydrogen-bond acceptors (Lipinski definition) is 4. The summed E-state index contributed by atoms with van der Waals surface area (Å²) in [6.45, 7) is 0. The number of para-hydroxylation sites is 1. The summed E-state index contributed by atoms with van der Waals surface area (Å²) in [5.74, 6) is 1.06. The van der Waals surface area contributed by atoms with E-state index in [1.807, 2.05) is 35.9 Å². The van der Waals surface area contributed by atoms with Gasteiger partial charge in [-0.1, -0.05) is 18.2 Å². The van der Waals surface area contributed by atoms with Crippen LogP contribution in [0, 0.1) is 0 Å². The summed E-state index contributed by atoms with van der Waals surface area (Å²) in [4.78, 5) is 12.4. The molecule has 0 aliphatic rings. The third-order valence-corrected chi connectivity index (χ3v) is 3.95. The van der Waals surface area contributed by atoms with Crippen LogP contribution in [0.25, 0.3) is 10.9 Å². The van der Waals surface area contributed by atoms with Gasteiger partial charge in [0.2, 0.25) is 0 Å². The lowest BCUT2D eigenvalue weighted by atomic mass is 10.2. The summed E-state index contributed by atoms with van der Waals surface area (Å²) < 4.78 is 12.4. The van der Waals surface area contributed by atoms with E-state index in [9.17, 15) is 4.79 Å². The predicted molar refractivity (Wildman–Crippen MR) is 97.5 cm³/mol. The van der Waals surface area contributed by atoms with E-state index >= 15 is 0 Å². The van der Waals surface area contributed by atoms with Gasteiger partial charge in [-0.15, -0.1) is 0 Å². The molecule has 3 rings (SSSR count). The van der Waals surface area contributed by atoms with Crippen LogP contribution in [0.4, 0.5) is 0 Å². The second-order valence-corrected chi connectivity index (χ2v) is 5.48. The molecular weight excluding hydrogens is 318 g/mol. The number of carbonyl (C=O) groups excluding carboxylic acids is 1. The van der Waals surface area contributed by atoms with Crippen LogP contribution in [0.2, 0.25) is 0 Å². The van der Waals surface area contributed by atoms with E-state index in [0.29, 0.717) is 22.6 Å². The SMILES string of the molecule is COc1ccc(OC)c(C=NNC(=O)c2cn(C)c3ccccc23)c1. The Balaban J connectivity index is 1.81. The minimum absolute atomic E-state index is 0.269. The maximum Gasteiger partial charge on any atom is 0.273 e. The molecule has 25 heavy (non-hydrogen) atoms. The quantitative estimate of drug-likeness (QED) is 0.575. The lowest BCUT2D eigenvalue weighted by Gasteiger charge is -2.06. The van der Waals surface area contributed by atoms with Crippen molar-refractivity contribution in [3.05, 3.63) is 59.8 Å². The van der Waals surface area contributed by atoms with Crippen molar-refractivity contribution in [3.8, 4) is 11.5 Å². The standard InChI is InChI=1S/C19H19N3O3/c1-22-12-16(15-6-4-5-7-17(15)22)19(23)21-20-11-13-10-14(24-2)8-9-18(13)25-3/h4-12H,1-3H3,(H,21,23). The maximum absolute atomic E-state index is 12.4. The van der Waals surface area contributed by atoms with Gasteiger partial charge in [0.05, 0.1) is 26.0 Å².